The summed E-state index contributed by atoms with van der Waals surface area (Å²) in [5.41, 5.74) is 0. The topological polar surface area (TPSA) is 26.8 Å². The Morgan fingerprint density at radius 1 is 0.941 bits per heavy atom. The summed E-state index contributed by atoms with van der Waals surface area (Å²) in [4.78, 5) is 18.8. The zero-order valence-corrected chi connectivity index (χ0v) is 11.0. The van der Waals surface area contributed by atoms with E-state index >= 15 is 0 Å². The number of rotatable bonds is 4. The molecule has 0 N–H and O–H groups in total. The van der Waals surface area contributed by atoms with E-state index in [-0.39, 0.29) is 0 Å². The van der Waals surface area contributed by atoms with Gasteiger partial charge in [-0.25, -0.2) is 0 Å². The predicted octanol–water partition coefficient (Wildman–Crippen LogP) is 0.636. The maximum Gasteiger partial charge on any atom is 0.223 e. The molecule has 2 aliphatic rings. The Kier molecular flexibility index (Phi) is 4.80. The maximum absolute atomic E-state index is 11.9. The van der Waals surface area contributed by atoms with Crippen LogP contribution in [0.25, 0.3) is 0 Å². The van der Waals surface area contributed by atoms with Crippen LogP contribution in [-0.2, 0) is 4.79 Å². The van der Waals surface area contributed by atoms with Crippen molar-refractivity contribution in [2.75, 3.05) is 52.4 Å². The third-order valence-electron chi connectivity index (χ3n) is 4.01. The van der Waals surface area contributed by atoms with Crippen molar-refractivity contribution in [3.05, 3.63) is 0 Å². The van der Waals surface area contributed by atoms with Gasteiger partial charge in [-0.05, 0) is 19.4 Å². The summed E-state index contributed by atoms with van der Waals surface area (Å²) in [7, 11) is 0. The second-order valence-electron chi connectivity index (χ2n) is 5.11. The normalized spacial score (nSPS) is 23.2. The Hall–Kier alpha value is -0.610. The van der Waals surface area contributed by atoms with E-state index in [9.17, 15) is 4.79 Å². The van der Waals surface area contributed by atoms with Gasteiger partial charge in [0, 0.05) is 52.2 Å². The van der Waals surface area contributed by atoms with Gasteiger partial charge in [0.05, 0.1) is 0 Å². The average Bonchev–Trinajstić information content (AvgIpc) is 2.90. The third kappa shape index (κ3) is 3.68. The number of amides is 1. The van der Waals surface area contributed by atoms with E-state index in [0.717, 1.165) is 52.4 Å². The summed E-state index contributed by atoms with van der Waals surface area (Å²) in [6.07, 6.45) is 3.11. The molecule has 2 heterocycles. The van der Waals surface area contributed by atoms with Crippen LogP contribution in [0.1, 0.15) is 26.2 Å². The molecule has 1 amide bonds. The zero-order chi connectivity index (χ0) is 12.1. The lowest BCUT2D eigenvalue weighted by Crippen LogP contribution is -2.47. The fourth-order valence-corrected chi connectivity index (χ4v) is 2.71. The first-order valence-corrected chi connectivity index (χ1v) is 7.02. The molecule has 4 heteroatoms. The SMILES string of the molecule is CCN1CCN(CCC(=O)N2CCCC2)CC1. The summed E-state index contributed by atoms with van der Waals surface area (Å²) in [6, 6.07) is 0. The highest BCUT2D eigenvalue weighted by Crippen LogP contribution is 2.10. The Labute approximate surface area is 105 Å². The summed E-state index contributed by atoms with van der Waals surface area (Å²) in [6.45, 7) is 10.9. The van der Waals surface area contributed by atoms with Crippen LogP contribution in [0.2, 0.25) is 0 Å². The molecule has 0 aromatic rings. The van der Waals surface area contributed by atoms with Gasteiger partial charge in [-0.15, -0.1) is 0 Å². The molecule has 2 saturated heterocycles. The number of piperazine rings is 1. The van der Waals surface area contributed by atoms with Crippen LogP contribution in [-0.4, -0.2) is 73.0 Å². The van der Waals surface area contributed by atoms with Crippen molar-refractivity contribution < 1.29 is 4.79 Å². The van der Waals surface area contributed by atoms with Gasteiger partial charge >= 0.3 is 0 Å². The van der Waals surface area contributed by atoms with E-state index in [1.807, 2.05) is 4.90 Å². The molecule has 0 aromatic heterocycles. The monoisotopic (exact) mass is 239 g/mol. The van der Waals surface area contributed by atoms with Crippen LogP contribution in [0.4, 0.5) is 0 Å². The molecule has 0 aromatic carbocycles. The molecule has 0 radical (unpaired) electrons. The molecule has 0 atom stereocenters. The quantitative estimate of drug-likeness (QED) is 0.720. The lowest BCUT2D eigenvalue weighted by Gasteiger charge is -2.34. The molecule has 0 aliphatic carbocycles. The van der Waals surface area contributed by atoms with E-state index in [2.05, 4.69) is 16.7 Å². The van der Waals surface area contributed by atoms with Gasteiger partial charge in [0.1, 0.15) is 0 Å². The second kappa shape index (κ2) is 6.36. The number of likely N-dealkylation sites (N-methyl/N-ethyl adjacent to an activating group) is 1. The first-order chi connectivity index (χ1) is 8.29. The van der Waals surface area contributed by atoms with Gasteiger partial charge < -0.3 is 14.7 Å². The Morgan fingerprint density at radius 3 is 2.12 bits per heavy atom. The summed E-state index contributed by atoms with van der Waals surface area (Å²) < 4.78 is 0. The van der Waals surface area contributed by atoms with Gasteiger partial charge in [-0.1, -0.05) is 6.92 Å². The third-order valence-corrected chi connectivity index (χ3v) is 4.01. The fourth-order valence-electron chi connectivity index (χ4n) is 2.71. The molecular weight excluding hydrogens is 214 g/mol. The van der Waals surface area contributed by atoms with Crippen LogP contribution in [0.15, 0.2) is 0 Å². The second-order valence-corrected chi connectivity index (χ2v) is 5.11. The van der Waals surface area contributed by atoms with Crippen LogP contribution < -0.4 is 0 Å². The van der Waals surface area contributed by atoms with Crippen LogP contribution in [0, 0.1) is 0 Å². The molecule has 2 rings (SSSR count). The van der Waals surface area contributed by atoms with E-state index in [4.69, 9.17) is 0 Å². The molecular formula is C13H25N3O. The summed E-state index contributed by atoms with van der Waals surface area (Å²) in [5.74, 6) is 0.362. The first-order valence-electron chi connectivity index (χ1n) is 7.02. The lowest BCUT2D eigenvalue weighted by molar-refractivity contribution is -0.130. The van der Waals surface area contributed by atoms with Crippen molar-refractivity contribution in [2.45, 2.75) is 26.2 Å². The van der Waals surface area contributed by atoms with Crippen molar-refractivity contribution in [3.63, 3.8) is 0 Å². The molecule has 0 spiro atoms. The molecule has 2 fully saturated rings. The molecule has 0 bridgehead atoms. The van der Waals surface area contributed by atoms with E-state index in [1.54, 1.807) is 0 Å². The zero-order valence-electron chi connectivity index (χ0n) is 11.0. The smallest absolute Gasteiger partial charge is 0.223 e. The highest BCUT2D eigenvalue weighted by atomic mass is 16.2. The molecule has 4 nitrogen and oxygen atoms in total. The van der Waals surface area contributed by atoms with E-state index < -0.39 is 0 Å². The minimum absolute atomic E-state index is 0.362. The van der Waals surface area contributed by atoms with Crippen molar-refractivity contribution in [2.24, 2.45) is 0 Å². The van der Waals surface area contributed by atoms with Gasteiger partial charge in [-0.3, -0.25) is 4.79 Å². The lowest BCUT2D eigenvalue weighted by atomic mass is 10.2. The molecule has 98 valence electrons. The van der Waals surface area contributed by atoms with Gasteiger partial charge in [-0.2, -0.15) is 0 Å². The highest BCUT2D eigenvalue weighted by Gasteiger charge is 2.20. The van der Waals surface area contributed by atoms with Gasteiger partial charge in [0.15, 0.2) is 0 Å². The average molecular weight is 239 g/mol. The standard InChI is InChI=1S/C13H25N3O/c1-2-14-9-11-15(12-10-14)8-5-13(17)16-6-3-4-7-16/h2-12H2,1H3. The number of likely N-dealkylation sites (tertiary alicyclic amines) is 1. The fraction of sp³-hybridized carbons (Fsp3) is 0.923. The minimum Gasteiger partial charge on any atom is -0.343 e. The minimum atomic E-state index is 0.362. The van der Waals surface area contributed by atoms with Crippen LogP contribution in [0.5, 0.6) is 0 Å². The number of carbonyl (C=O) groups excluding carboxylic acids is 1. The van der Waals surface area contributed by atoms with Crippen molar-refractivity contribution in [1.82, 2.24) is 14.7 Å². The van der Waals surface area contributed by atoms with Crippen molar-refractivity contribution in [3.8, 4) is 0 Å². The maximum atomic E-state index is 11.9. The number of hydrogen-bond acceptors (Lipinski definition) is 3. The number of nitrogens with zero attached hydrogens (tertiary/aromatic N) is 3. The Morgan fingerprint density at radius 2 is 1.53 bits per heavy atom. The number of carbonyl (C=O) groups is 1. The highest BCUT2D eigenvalue weighted by molar-refractivity contribution is 5.76. The van der Waals surface area contributed by atoms with E-state index in [1.165, 1.54) is 12.8 Å². The van der Waals surface area contributed by atoms with Crippen LogP contribution in [0.3, 0.4) is 0 Å². The molecule has 0 unspecified atom stereocenters. The van der Waals surface area contributed by atoms with Gasteiger partial charge in [0.25, 0.3) is 0 Å². The van der Waals surface area contributed by atoms with E-state index in [0.29, 0.717) is 12.3 Å². The Balaban J connectivity index is 1.63. The predicted molar refractivity (Wildman–Crippen MR) is 69.0 cm³/mol. The molecule has 17 heavy (non-hydrogen) atoms. The molecule has 0 saturated carbocycles. The Bertz CT molecular complexity index is 243. The van der Waals surface area contributed by atoms with Crippen molar-refractivity contribution >= 4 is 5.91 Å². The number of hydrogen-bond donors (Lipinski definition) is 0. The van der Waals surface area contributed by atoms with Crippen LogP contribution >= 0.6 is 0 Å². The van der Waals surface area contributed by atoms with Crippen molar-refractivity contribution in [1.29, 1.82) is 0 Å². The molecule has 2 aliphatic heterocycles. The first kappa shape index (κ1) is 12.8. The summed E-state index contributed by atoms with van der Waals surface area (Å²) >= 11 is 0. The largest absolute Gasteiger partial charge is 0.343 e. The van der Waals surface area contributed by atoms with Gasteiger partial charge in [0.2, 0.25) is 5.91 Å². The summed E-state index contributed by atoms with van der Waals surface area (Å²) in [5, 5.41) is 0.